The molecule has 108 valence electrons. The fourth-order valence-electron chi connectivity index (χ4n) is 3.19. The second-order valence-electron chi connectivity index (χ2n) is 6.12. The van der Waals surface area contributed by atoms with Crippen molar-refractivity contribution in [1.82, 2.24) is 20.2 Å². The highest BCUT2D eigenvalue weighted by Crippen LogP contribution is 2.42. The van der Waals surface area contributed by atoms with Crippen LogP contribution in [0.1, 0.15) is 57.7 Å². The van der Waals surface area contributed by atoms with Gasteiger partial charge >= 0.3 is 0 Å². The van der Waals surface area contributed by atoms with Crippen LogP contribution in [0.15, 0.2) is 0 Å². The quantitative estimate of drug-likeness (QED) is 0.856. The number of aromatic nitrogens is 4. The zero-order valence-electron chi connectivity index (χ0n) is 12.2. The molecule has 0 unspecified atom stereocenters. The molecule has 0 atom stereocenters. The van der Waals surface area contributed by atoms with Crippen molar-refractivity contribution >= 4 is 0 Å². The van der Waals surface area contributed by atoms with Crippen LogP contribution < -0.4 is 0 Å². The van der Waals surface area contributed by atoms with Crippen molar-refractivity contribution in [3.8, 4) is 0 Å². The molecule has 0 aromatic carbocycles. The van der Waals surface area contributed by atoms with Gasteiger partial charge in [0.25, 0.3) is 0 Å². The van der Waals surface area contributed by atoms with Gasteiger partial charge in [0, 0.05) is 18.4 Å². The SMILES string of the molecule is CCCCC1CCC(CO)(Cc2nnn(C)n2)CC1. The Morgan fingerprint density at radius 1 is 1.37 bits per heavy atom. The molecule has 1 aliphatic carbocycles. The van der Waals surface area contributed by atoms with Gasteiger partial charge in [-0.25, -0.2) is 0 Å². The Labute approximate surface area is 115 Å². The third-order valence-corrected chi connectivity index (χ3v) is 4.55. The van der Waals surface area contributed by atoms with E-state index >= 15 is 0 Å². The second kappa shape index (κ2) is 6.46. The summed E-state index contributed by atoms with van der Waals surface area (Å²) in [6, 6.07) is 0. The van der Waals surface area contributed by atoms with Crippen LogP contribution in [-0.4, -0.2) is 31.9 Å². The highest BCUT2D eigenvalue weighted by Gasteiger charge is 2.35. The van der Waals surface area contributed by atoms with E-state index < -0.39 is 0 Å². The van der Waals surface area contributed by atoms with E-state index in [4.69, 9.17) is 0 Å². The number of nitrogens with zero attached hydrogens (tertiary/aromatic N) is 4. The molecule has 0 bridgehead atoms. The largest absolute Gasteiger partial charge is 0.396 e. The number of hydrogen-bond acceptors (Lipinski definition) is 4. The maximum atomic E-state index is 9.79. The van der Waals surface area contributed by atoms with E-state index in [0.29, 0.717) is 0 Å². The number of unbranched alkanes of at least 4 members (excludes halogenated alkanes) is 1. The first-order valence-electron chi connectivity index (χ1n) is 7.51. The van der Waals surface area contributed by atoms with Crippen LogP contribution in [0.2, 0.25) is 0 Å². The average Bonchev–Trinajstić information content (AvgIpc) is 2.83. The normalized spacial score (nSPS) is 27.6. The lowest BCUT2D eigenvalue weighted by Gasteiger charge is -2.38. The maximum absolute atomic E-state index is 9.79. The van der Waals surface area contributed by atoms with Crippen molar-refractivity contribution < 1.29 is 5.11 Å². The van der Waals surface area contributed by atoms with Crippen molar-refractivity contribution in [2.45, 2.75) is 58.3 Å². The summed E-state index contributed by atoms with van der Waals surface area (Å²) in [5.41, 5.74) is -0.00819. The molecule has 0 amide bonds. The summed E-state index contributed by atoms with van der Waals surface area (Å²) < 4.78 is 0. The number of aryl methyl sites for hydroxylation is 1. The fourth-order valence-corrected chi connectivity index (χ4v) is 3.19. The summed E-state index contributed by atoms with van der Waals surface area (Å²) >= 11 is 0. The minimum atomic E-state index is -0.00819. The predicted octanol–water partition coefficient (Wildman–Crippen LogP) is 2.11. The zero-order chi connectivity index (χ0) is 13.7. The Balaban J connectivity index is 1.90. The lowest BCUT2D eigenvalue weighted by molar-refractivity contribution is 0.0602. The summed E-state index contributed by atoms with van der Waals surface area (Å²) in [5.74, 6) is 1.62. The van der Waals surface area contributed by atoms with Gasteiger partial charge in [-0.1, -0.05) is 26.2 Å². The Bertz CT molecular complexity index is 383. The van der Waals surface area contributed by atoms with Crippen LogP contribution in [0.4, 0.5) is 0 Å². The summed E-state index contributed by atoms with van der Waals surface area (Å²) in [5, 5.41) is 22.0. The highest BCUT2D eigenvalue weighted by molar-refractivity contribution is 4.93. The van der Waals surface area contributed by atoms with Crippen molar-refractivity contribution in [2.75, 3.05) is 6.61 Å². The Morgan fingerprint density at radius 3 is 2.63 bits per heavy atom. The van der Waals surface area contributed by atoms with Crippen LogP contribution in [-0.2, 0) is 13.5 Å². The van der Waals surface area contributed by atoms with Crippen LogP contribution in [0.25, 0.3) is 0 Å². The molecular formula is C14H26N4O. The topological polar surface area (TPSA) is 63.8 Å². The summed E-state index contributed by atoms with van der Waals surface area (Å²) in [4.78, 5) is 1.49. The minimum Gasteiger partial charge on any atom is -0.396 e. The fraction of sp³-hybridized carbons (Fsp3) is 0.929. The monoisotopic (exact) mass is 266 g/mol. The van der Waals surface area contributed by atoms with Gasteiger partial charge in [-0.2, -0.15) is 4.80 Å². The molecule has 1 aliphatic rings. The highest BCUT2D eigenvalue weighted by atomic mass is 16.3. The molecule has 5 heteroatoms. The summed E-state index contributed by atoms with van der Waals surface area (Å²) in [6.45, 7) is 2.49. The molecule has 0 saturated heterocycles. The van der Waals surface area contributed by atoms with E-state index in [1.54, 1.807) is 7.05 Å². The average molecular weight is 266 g/mol. The molecule has 5 nitrogen and oxygen atoms in total. The van der Waals surface area contributed by atoms with Crippen LogP contribution in [0, 0.1) is 11.3 Å². The third-order valence-electron chi connectivity index (χ3n) is 4.55. The summed E-state index contributed by atoms with van der Waals surface area (Å²) in [7, 11) is 1.78. The lowest BCUT2D eigenvalue weighted by Crippen LogP contribution is -2.33. The van der Waals surface area contributed by atoms with Gasteiger partial charge in [-0.05, 0) is 36.8 Å². The van der Waals surface area contributed by atoms with Gasteiger partial charge in [-0.15, -0.1) is 10.2 Å². The van der Waals surface area contributed by atoms with Gasteiger partial charge in [0.2, 0.25) is 0 Å². The number of hydrogen-bond donors (Lipinski definition) is 1. The van der Waals surface area contributed by atoms with E-state index in [0.717, 1.165) is 31.0 Å². The maximum Gasteiger partial charge on any atom is 0.175 e. The molecule has 1 aromatic heterocycles. The number of rotatable bonds is 6. The van der Waals surface area contributed by atoms with Gasteiger partial charge in [0.15, 0.2) is 5.82 Å². The standard InChI is InChI=1S/C14H26N4O/c1-3-4-5-12-6-8-14(11-19,9-7-12)10-13-15-17-18(2)16-13/h12,19H,3-11H2,1-2H3. The first-order valence-corrected chi connectivity index (χ1v) is 7.51. The number of aliphatic hydroxyl groups is 1. The molecule has 0 spiro atoms. The molecule has 0 aliphatic heterocycles. The van der Waals surface area contributed by atoms with Crippen molar-refractivity contribution in [3.63, 3.8) is 0 Å². The van der Waals surface area contributed by atoms with Crippen LogP contribution in [0.5, 0.6) is 0 Å². The third kappa shape index (κ3) is 3.75. The van der Waals surface area contributed by atoms with Crippen molar-refractivity contribution in [3.05, 3.63) is 5.82 Å². The molecule has 1 fully saturated rings. The van der Waals surface area contributed by atoms with Crippen LogP contribution in [0.3, 0.4) is 0 Å². The van der Waals surface area contributed by atoms with Gasteiger partial charge < -0.3 is 5.11 Å². The molecule has 1 heterocycles. The van der Waals surface area contributed by atoms with Gasteiger partial charge in [0.05, 0.1) is 7.05 Å². The summed E-state index contributed by atoms with van der Waals surface area (Å²) in [6.07, 6.45) is 9.39. The van der Waals surface area contributed by atoms with E-state index in [2.05, 4.69) is 22.3 Å². The molecule has 1 saturated carbocycles. The smallest absolute Gasteiger partial charge is 0.175 e. The first-order chi connectivity index (χ1) is 9.17. The lowest BCUT2D eigenvalue weighted by atomic mass is 9.68. The van der Waals surface area contributed by atoms with Crippen LogP contribution >= 0.6 is 0 Å². The van der Waals surface area contributed by atoms with Crippen molar-refractivity contribution in [1.29, 1.82) is 0 Å². The molecule has 19 heavy (non-hydrogen) atoms. The zero-order valence-corrected chi connectivity index (χ0v) is 12.2. The Morgan fingerprint density at radius 2 is 2.11 bits per heavy atom. The number of aliphatic hydroxyl groups excluding tert-OH is 1. The molecule has 1 N–H and O–H groups in total. The van der Waals surface area contributed by atoms with E-state index in [1.165, 1.54) is 36.9 Å². The molecular weight excluding hydrogens is 240 g/mol. The number of tetrazole rings is 1. The van der Waals surface area contributed by atoms with Gasteiger partial charge in [-0.3, -0.25) is 0 Å². The first kappa shape index (κ1) is 14.4. The predicted molar refractivity (Wildman–Crippen MR) is 73.5 cm³/mol. The molecule has 0 radical (unpaired) electrons. The van der Waals surface area contributed by atoms with Crippen molar-refractivity contribution in [2.24, 2.45) is 18.4 Å². The van der Waals surface area contributed by atoms with E-state index in [9.17, 15) is 5.11 Å². The van der Waals surface area contributed by atoms with E-state index in [-0.39, 0.29) is 12.0 Å². The Hall–Kier alpha value is -0.970. The molecule has 2 rings (SSSR count). The molecule has 1 aromatic rings. The van der Waals surface area contributed by atoms with E-state index in [1.807, 2.05) is 0 Å². The Kier molecular flexibility index (Phi) is 4.91. The minimum absolute atomic E-state index is 0.00819. The van der Waals surface area contributed by atoms with Gasteiger partial charge in [0.1, 0.15) is 0 Å². The second-order valence-corrected chi connectivity index (χ2v) is 6.12.